The van der Waals surface area contributed by atoms with Crippen LogP contribution in [-0.2, 0) is 17.8 Å². The molecule has 7 nitrogen and oxygen atoms in total. The van der Waals surface area contributed by atoms with Gasteiger partial charge in [-0.15, -0.1) is 5.10 Å². The number of nitriles is 1. The van der Waals surface area contributed by atoms with Crippen LogP contribution in [0.4, 0.5) is 0 Å². The van der Waals surface area contributed by atoms with Crippen LogP contribution in [-0.4, -0.2) is 30.8 Å². The Morgan fingerprint density at radius 2 is 2.27 bits per heavy atom. The first-order chi connectivity index (χ1) is 12.6. The van der Waals surface area contributed by atoms with E-state index in [0.717, 1.165) is 46.9 Å². The molecule has 0 aliphatic rings. The molecule has 1 aromatic carbocycles. The summed E-state index contributed by atoms with van der Waals surface area (Å²) >= 11 is 1.00. The van der Waals surface area contributed by atoms with E-state index in [1.807, 2.05) is 31.2 Å². The second-order valence-corrected chi connectivity index (χ2v) is 6.63. The lowest BCUT2D eigenvalue weighted by molar-refractivity contribution is -0.131. The van der Waals surface area contributed by atoms with Crippen molar-refractivity contribution in [2.75, 3.05) is 0 Å². The van der Waals surface area contributed by atoms with Crippen LogP contribution < -0.4 is 0 Å². The van der Waals surface area contributed by atoms with Gasteiger partial charge in [0.25, 0.3) is 0 Å². The molecule has 0 saturated carbocycles. The molecule has 3 rings (SSSR count). The Kier molecular flexibility index (Phi) is 5.39. The first-order valence-electron chi connectivity index (χ1n) is 8.11. The van der Waals surface area contributed by atoms with Crippen LogP contribution in [0.2, 0.25) is 0 Å². The number of para-hydroxylation sites is 1. The number of carbonyl (C=O) groups is 1. The summed E-state index contributed by atoms with van der Waals surface area (Å²) in [5.41, 5.74) is 1.63. The van der Waals surface area contributed by atoms with E-state index in [1.165, 1.54) is 0 Å². The predicted octanol–water partition coefficient (Wildman–Crippen LogP) is 3.45. The predicted molar refractivity (Wildman–Crippen MR) is 99.4 cm³/mol. The summed E-state index contributed by atoms with van der Waals surface area (Å²) in [4.78, 5) is 16.1. The molecule has 0 aliphatic heterocycles. The number of aliphatic carboxylic acids is 1. The minimum Gasteiger partial charge on any atom is -0.477 e. The number of rotatable bonds is 7. The number of benzene rings is 1. The van der Waals surface area contributed by atoms with E-state index in [-0.39, 0.29) is 11.4 Å². The quantitative estimate of drug-likeness (QED) is 0.489. The lowest BCUT2D eigenvalue weighted by Crippen LogP contribution is -1.97. The number of hydrogen-bond acceptors (Lipinski definition) is 5. The van der Waals surface area contributed by atoms with E-state index in [9.17, 15) is 9.90 Å². The summed E-state index contributed by atoms with van der Waals surface area (Å²) in [6.07, 6.45) is 5.08. The van der Waals surface area contributed by atoms with Gasteiger partial charge in [-0.05, 0) is 30.3 Å². The van der Waals surface area contributed by atoms with Gasteiger partial charge in [0.1, 0.15) is 17.3 Å². The van der Waals surface area contributed by atoms with Gasteiger partial charge in [0.2, 0.25) is 5.16 Å². The number of nitrogens with one attached hydrogen (secondary N) is 1. The average Bonchev–Trinajstić information content (AvgIpc) is 3.20. The first-order valence-corrected chi connectivity index (χ1v) is 8.93. The van der Waals surface area contributed by atoms with E-state index in [1.54, 1.807) is 16.8 Å². The van der Waals surface area contributed by atoms with Gasteiger partial charge in [-0.2, -0.15) is 5.26 Å². The molecule has 0 spiro atoms. The van der Waals surface area contributed by atoms with Gasteiger partial charge in [0, 0.05) is 29.1 Å². The topological polar surface area (TPSA) is 108 Å². The number of aromatic nitrogens is 4. The van der Waals surface area contributed by atoms with Crippen LogP contribution >= 0.6 is 11.8 Å². The minimum absolute atomic E-state index is 0.118. The zero-order chi connectivity index (χ0) is 18.5. The van der Waals surface area contributed by atoms with Gasteiger partial charge < -0.3 is 9.67 Å². The minimum atomic E-state index is -1.05. The molecular formula is C18H17N5O2S. The van der Waals surface area contributed by atoms with Crippen LogP contribution in [0.3, 0.4) is 0 Å². The van der Waals surface area contributed by atoms with Crippen LogP contribution in [0.1, 0.15) is 24.7 Å². The number of carboxylic acid groups (broad SMARTS) is 1. The van der Waals surface area contributed by atoms with Gasteiger partial charge in [-0.25, -0.2) is 9.78 Å². The van der Waals surface area contributed by atoms with E-state index >= 15 is 0 Å². The third kappa shape index (κ3) is 3.78. The Morgan fingerprint density at radius 1 is 1.46 bits per heavy atom. The molecule has 3 aromatic rings. The number of carboxylic acids is 1. The third-order valence-corrected chi connectivity index (χ3v) is 4.63. The summed E-state index contributed by atoms with van der Waals surface area (Å²) in [5, 5.41) is 26.7. The molecule has 0 fully saturated rings. The first kappa shape index (κ1) is 17.8. The third-order valence-electron chi connectivity index (χ3n) is 3.76. The Balaban J connectivity index is 1.97. The Morgan fingerprint density at radius 3 is 3.00 bits per heavy atom. The molecule has 0 saturated heterocycles. The maximum absolute atomic E-state index is 11.7. The van der Waals surface area contributed by atoms with E-state index < -0.39 is 5.97 Å². The molecule has 8 heteroatoms. The molecule has 2 N–H and O–H groups in total. The highest BCUT2D eigenvalue weighted by atomic mass is 32.2. The van der Waals surface area contributed by atoms with Gasteiger partial charge in [-0.3, -0.25) is 5.10 Å². The van der Waals surface area contributed by atoms with Crippen LogP contribution in [0, 0.1) is 11.3 Å². The number of nitrogens with zero attached hydrogens (tertiary/aromatic N) is 4. The zero-order valence-corrected chi connectivity index (χ0v) is 15.0. The lowest BCUT2D eigenvalue weighted by atomic mass is 10.1. The number of hydrogen-bond donors (Lipinski definition) is 2. The number of aromatic amines is 1. The normalized spacial score (nSPS) is 11.6. The Labute approximate surface area is 154 Å². The van der Waals surface area contributed by atoms with Crippen molar-refractivity contribution in [2.45, 2.75) is 31.5 Å². The molecule has 0 radical (unpaired) electrons. The summed E-state index contributed by atoms with van der Waals surface area (Å²) < 4.78 is 1.80. The molecule has 0 atom stereocenters. The van der Waals surface area contributed by atoms with Gasteiger partial charge in [-0.1, -0.05) is 25.1 Å². The average molecular weight is 367 g/mol. The summed E-state index contributed by atoms with van der Waals surface area (Å²) in [6, 6.07) is 9.70. The molecule has 0 amide bonds. The van der Waals surface area contributed by atoms with Crippen molar-refractivity contribution in [3.8, 4) is 6.07 Å². The number of H-pyrrole nitrogens is 1. The van der Waals surface area contributed by atoms with Crippen LogP contribution in [0.25, 0.3) is 17.0 Å². The molecule has 0 bridgehead atoms. The second-order valence-electron chi connectivity index (χ2n) is 5.62. The van der Waals surface area contributed by atoms with Crippen molar-refractivity contribution in [1.82, 2.24) is 19.7 Å². The molecule has 26 heavy (non-hydrogen) atoms. The smallest absolute Gasteiger partial charge is 0.342 e. The maximum Gasteiger partial charge on any atom is 0.342 e. The molecule has 2 aromatic heterocycles. The van der Waals surface area contributed by atoms with Crippen molar-refractivity contribution >= 4 is 34.7 Å². The van der Waals surface area contributed by atoms with Crippen LogP contribution in [0.15, 0.2) is 40.5 Å². The van der Waals surface area contributed by atoms with Crippen molar-refractivity contribution in [1.29, 1.82) is 5.26 Å². The summed E-state index contributed by atoms with van der Waals surface area (Å²) in [6.45, 7) is 2.24. The van der Waals surface area contributed by atoms with Gasteiger partial charge >= 0.3 is 5.97 Å². The zero-order valence-electron chi connectivity index (χ0n) is 14.1. The highest BCUT2D eigenvalue weighted by Gasteiger charge is 2.15. The number of fused-ring (bicyclic) bond motifs is 1. The fourth-order valence-electron chi connectivity index (χ4n) is 2.64. The Bertz CT molecular complexity index is 1010. The monoisotopic (exact) mass is 367 g/mol. The van der Waals surface area contributed by atoms with E-state index in [2.05, 4.69) is 21.3 Å². The molecule has 132 valence electrons. The fraction of sp³-hybridized carbons (Fsp3) is 0.222. The summed E-state index contributed by atoms with van der Waals surface area (Å²) in [5.74, 6) is -0.306. The highest BCUT2D eigenvalue weighted by Crippen LogP contribution is 2.29. The number of aryl methyl sites for hydroxylation is 1. The van der Waals surface area contributed by atoms with Crippen LogP contribution in [0.5, 0.6) is 0 Å². The largest absolute Gasteiger partial charge is 0.477 e. The molecular weight excluding hydrogens is 350 g/mol. The van der Waals surface area contributed by atoms with Crippen molar-refractivity contribution < 1.29 is 9.90 Å². The Hall–Kier alpha value is -3.05. The fourth-order valence-corrected chi connectivity index (χ4v) is 3.36. The molecule has 0 unspecified atom stereocenters. The maximum atomic E-state index is 11.7. The van der Waals surface area contributed by atoms with Gasteiger partial charge in [0.15, 0.2) is 0 Å². The second kappa shape index (κ2) is 7.89. The van der Waals surface area contributed by atoms with Gasteiger partial charge in [0.05, 0.1) is 6.07 Å². The van der Waals surface area contributed by atoms with Crippen molar-refractivity contribution in [2.24, 2.45) is 0 Å². The van der Waals surface area contributed by atoms with E-state index in [0.29, 0.717) is 5.16 Å². The standard InChI is InChI=1S/C18H17N5O2S/c1-2-5-16-20-18(22-21-16)26-15(17(24)25)10-12-11-23(9-8-19)14-7-4-3-6-13(12)14/h3-4,6-7,10-11H,2,5,9H2,1H3,(H,24,25)(H,20,21,22)/b15-10-. The lowest BCUT2D eigenvalue weighted by Gasteiger charge is -1.98. The number of thioether (sulfide) groups is 1. The van der Waals surface area contributed by atoms with Crippen molar-refractivity contribution in [3.05, 3.63) is 46.8 Å². The SMILES string of the molecule is CCCc1nc(S/C(=C\c2cn(CC#N)c3ccccc23)C(=O)O)n[nH]1. The summed E-state index contributed by atoms with van der Waals surface area (Å²) in [7, 11) is 0. The molecule has 0 aliphatic carbocycles. The highest BCUT2D eigenvalue weighted by molar-refractivity contribution is 8.04. The van der Waals surface area contributed by atoms with Crippen molar-refractivity contribution in [3.63, 3.8) is 0 Å². The molecule has 2 heterocycles. The van der Waals surface area contributed by atoms with E-state index in [4.69, 9.17) is 5.26 Å².